The standard InChI is InChI=1S/C47H85NO9/c1-3-5-7-9-11-13-15-16-17-18-19-20-21-22-23-24-26-28-30-32-34-36-41(51)46(55)48-39(38-56-47-45(54)44(53)43(52)42(37-49)57-47)40(50)35-33-31-29-27-25-14-12-10-8-6-4-2/h8,10,21-22,25,27,33,35,39-45,47,49-54H,3-7,9,11-20,23-24,26,28-32,34,36-38H2,1-2H3,(H,48,55)/b10-8+,22-21-,27-25+,35-33+. The first-order valence-corrected chi connectivity index (χ1v) is 23.0. The number of hydrogen-bond donors (Lipinski definition) is 7. The number of hydrogen-bond acceptors (Lipinski definition) is 9. The fraction of sp³-hybridized carbons (Fsp3) is 0.809. The summed E-state index contributed by atoms with van der Waals surface area (Å²) in [6, 6.07) is -1.00. The normalized spacial score (nSPS) is 22.0. The summed E-state index contributed by atoms with van der Waals surface area (Å²) in [5.41, 5.74) is 0. The van der Waals surface area contributed by atoms with Crippen molar-refractivity contribution in [2.45, 2.75) is 230 Å². The van der Waals surface area contributed by atoms with Crippen LogP contribution in [0.4, 0.5) is 0 Å². The van der Waals surface area contributed by atoms with Crippen LogP contribution in [0.25, 0.3) is 0 Å². The molecule has 7 N–H and O–H groups in total. The van der Waals surface area contributed by atoms with Gasteiger partial charge >= 0.3 is 0 Å². The molecule has 0 saturated carbocycles. The predicted molar refractivity (Wildman–Crippen MR) is 232 cm³/mol. The number of aliphatic hydroxyl groups excluding tert-OH is 6. The summed E-state index contributed by atoms with van der Waals surface area (Å²) in [5.74, 6) is -0.638. The zero-order chi connectivity index (χ0) is 41.8. The Morgan fingerprint density at radius 3 is 1.60 bits per heavy atom. The lowest BCUT2D eigenvalue weighted by molar-refractivity contribution is -0.302. The first-order valence-electron chi connectivity index (χ1n) is 23.0. The quantitative estimate of drug-likeness (QED) is 0.0241. The van der Waals surface area contributed by atoms with Crippen LogP contribution in [-0.2, 0) is 14.3 Å². The van der Waals surface area contributed by atoms with Crippen molar-refractivity contribution in [3.05, 3.63) is 48.6 Å². The van der Waals surface area contributed by atoms with Crippen LogP contribution in [0, 0.1) is 0 Å². The van der Waals surface area contributed by atoms with Gasteiger partial charge in [0.1, 0.15) is 30.5 Å². The van der Waals surface area contributed by atoms with Gasteiger partial charge < -0.3 is 45.4 Å². The number of unbranched alkanes of at least 4 members (excludes halogenated alkanes) is 20. The van der Waals surface area contributed by atoms with Crippen LogP contribution in [0.15, 0.2) is 48.6 Å². The summed E-state index contributed by atoms with van der Waals surface area (Å²) in [6.07, 6.45) is 36.4. The maximum absolute atomic E-state index is 13.0. The molecule has 1 amide bonds. The molecular formula is C47H85NO9. The van der Waals surface area contributed by atoms with Crippen molar-refractivity contribution in [2.75, 3.05) is 13.2 Å². The van der Waals surface area contributed by atoms with E-state index in [1.54, 1.807) is 6.08 Å². The molecule has 0 spiro atoms. The number of ether oxygens (including phenoxy) is 2. The molecule has 0 aliphatic carbocycles. The molecule has 1 aliphatic heterocycles. The van der Waals surface area contributed by atoms with Crippen LogP contribution < -0.4 is 5.32 Å². The first-order chi connectivity index (χ1) is 27.8. The minimum absolute atomic E-state index is 0.292. The third-order valence-electron chi connectivity index (χ3n) is 10.7. The molecule has 0 aromatic rings. The van der Waals surface area contributed by atoms with Gasteiger partial charge in [0.05, 0.1) is 25.4 Å². The molecule has 8 atom stereocenters. The van der Waals surface area contributed by atoms with E-state index in [4.69, 9.17) is 9.47 Å². The molecule has 0 radical (unpaired) electrons. The molecule has 1 fully saturated rings. The van der Waals surface area contributed by atoms with Gasteiger partial charge in [-0.15, -0.1) is 0 Å². The number of allylic oxidation sites excluding steroid dienone is 7. The highest BCUT2D eigenvalue weighted by Crippen LogP contribution is 2.22. The zero-order valence-corrected chi connectivity index (χ0v) is 35.9. The molecule has 1 rings (SSSR count). The van der Waals surface area contributed by atoms with Crippen molar-refractivity contribution >= 4 is 5.91 Å². The number of rotatable bonds is 37. The van der Waals surface area contributed by atoms with E-state index in [1.165, 1.54) is 89.9 Å². The largest absolute Gasteiger partial charge is 0.394 e. The lowest BCUT2D eigenvalue weighted by Gasteiger charge is -2.40. The van der Waals surface area contributed by atoms with Crippen molar-refractivity contribution in [1.29, 1.82) is 0 Å². The summed E-state index contributed by atoms with van der Waals surface area (Å²) in [4.78, 5) is 13.0. The number of amides is 1. The molecular weight excluding hydrogens is 723 g/mol. The molecule has 10 nitrogen and oxygen atoms in total. The Bertz CT molecular complexity index is 1050. The van der Waals surface area contributed by atoms with Crippen molar-refractivity contribution in [3.63, 3.8) is 0 Å². The van der Waals surface area contributed by atoms with E-state index in [2.05, 4.69) is 55.6 Å². The fourth-order valence-corrected chi connectivity index (χ4v) is 6.90. The Morgan fingerprint density at radius 1 is 0.596 bits per heavy atom. The highest BCUT2D eigenvalue weighted by molar-refractivity contribution is 5.80. The fourth-order valence-electron chi connectivity index (χ4n) is 6.90. The van der Waals surface area contributed by atoms with Gasteiger partial charge in [0.25, 0.3) is 0 Å². The summed E-state index contributed by atoms with van der Waals surface area (Å²) in [6.45, 7) is 3.49. The third kappa shape index (κ3) is 27.5. The summed E-state index contributed by atoms with van der Waals surface area (Å²) >= 11 is 0. The van der Waals surface area contributed by atoms with Gasteiger partial charge in [0.2, 0.25) is 5.91 Å². The van der Waals surface area contributed by atoms with Crippen LogP contribution in [0.3, 0.4) is 0 Å². The van der Waals surface area contributed by atoms with Crippen LogP contribution in [-0.4, -0.2) is 98.7 Å². The Kier molecular flexibility index (Phi) is 34.6. The van der Waals surface area contributed by atoms with Crippen molar-refractivity contribution < 1.29 is 44.9 Å². The summed E-state index contributed by atoms with van der Waals surface area (Å²) in [5, 5.41) is 64.5. The van der Waals surface area contributed by atoms with E-state index >= 15 is 0 Å². The SMILES string of the molecule is CCC/C=C/CC/C=C/CC/C=C/C(O)C(COC1OC(CO)C(O)C(O)C1O)NC(=O)C(O)CCCCCCCC/C=C\CCCCCCCCCCCCC. The molecule has 10 heteroatoms. The number of aliphatic hydroxyl groups is 6. The van der Waals surface area contributed by atoms with Crippen LogP contribution in [0.5, 0.6) is 0 Å². The Morgan fingerprint density at radius 2 is 1.07 bits per heavy atom. The second-order valence-electron chi connectivity index (χ2n) is 16.0. The molecule has 0 bridgehead atoms. The minimum Gasteiger partial charge on any atom is -0.394 e. The topological polar surface area (TPSA) is 169 Å². The van der Waals surface area contributed by atoms with Gasteiger partial charge in [-0.05, 0) is 64.2 Å². The lowest BCUT2D eigenvalue weighted by Crippen LogP contribution is -2.60. The molecule has 1 aliphatic rings. The minimum atomic E-state index is -1.62. The monoisotopic (exact) mass is 808 g/mol. The van der Waals surface area contributed by atoms with E-state index in [9.17, 15) is 35.4 Å². The van der Waals surface area contributed by atoms with Gasteiger partial charge in [-0.25, -0.2) is 0 Å². The summed E-state index contributed by atoms with van der Waals surface area (Å²) in [7, 11) is 0. The Labute approximate surface area is 346 Å². The maximum Gasteiger partial charge on any atom is 0.249 e. The molecule has 8 unspecified atom stereocenters. The van der Waals surface area contributed by atoms with Gasteiger partial charge in [0, 0.05) is 0 Å². The molecule has 0 aromatic heterocycles. The molecule has 0 aromatic carbocycles. The maximum atomic E-state index is 13.0. The van der Waals surface area contributed by atoms with Crippen LogP contribution in [0.2, 0.25) is 0 Å². The average molecular weight is 808 g/mol. The van der Waals surface area contributed by atoms with E-state index < -0.39 is 61.5 Å². The van der Waals surface area contributed by atoms with Crippen LogP contribution in [0.1, 0.15) is 181 Å². The molecule has 1 saturated heterocycles. The molecule has 332 valence electrons. The van der Waals surface area contributed by atoms with E-state index in [0.29, 0.717) is 19.3 Å². The predicted octanol–water partition coefficient (Wildman–Crippen LogP) is 8.42. The third-order valence-corrected chi connectivity index (χ3v) is 10.7. The van der Waals surface area contributed by atoms with Gasteiger partial charge in [-0.3, -0.25) is 4.79 Å². The van der Waals surface area contributed by atoms with E-state index in [0.717, 1.165) is 57.8 Å². The van der Waals surface area contributed by atoms with Crippen molar-refractivity contribution in [3.8, 4) is 0 Å². The first kappa shape index (κ1) is 53.1. The molecule has 57 heavy (non-hydrogen) atoms. The van der Waals surface area contributed by atoms with Gasteiger partial charge in [-0.1, -0.05) is 165 Å². The van der Waals surface area contributed by atoms with Gasteiger partial charge in [-0.2, -0.15) is 0 Å². The van der Waals surface area contributed by atoms with Gasteiger partial charge in [0.15, 0.2) is 6.29 Å². The van der Waals surface area contributed by atoms with Crippen molar-refractivity contribution in [1.82, 2.24) is 5.32 Å². The second kappa shape index (κ2) is 37.1. The lowest BCUT2D eigenvalue weighted by atomic mass is 9.99. The highest BCUT2D eigenvalue weighted by atomic mass is 16.7. The smallest absolute Gasteiger partial charge is 0.249 e. The second-order valence-corrected chi connectivity index (χ2v) is 16.0. The number of nitrogens with one attached hydrogen (secondary N) is 1. The Hall–Kier alpha value is -1.89. The molecule has 1 heterocycles. The van der Waals surface area contributed by atoms with Crippen LogP contribution >= 0.6 is 0 Å². The van der Waals surface area contributed by atoms with E-state index in [-0.39, 0.29) is 6.61 Å². The average Bonchev–Trinajstić information content (AvgIpc) is 3.21. The Balaban J connectivity index is 2.37. The summed E-state index contributed by atoms with van der Waals surface area (Å²) < 4.78 is 11.1. The zero-order valence-electron chi connectivity index (χ0n) is 35.9. The number of carbonyl (C=O) groups excluding carboxylic acids is 1. The van der Waals surface area contributed by atoms with Crippen molar-refractivity contribution in [2.24, 2.45) is 0 Å². The highest BCUT2D eigenvalue weighted by Gasteiger charge is 2.44. The van der Waals surface area contributed by atoms with E-state index in [1.807, 2.05) is 6.08 Å². The number of carbonyl (C=O) groups is 1.